The van der Waals surface area contributed by atoms with E-state index in [9.17, 15) is 4.39 Å². The third-order valence-corrected chi connectivity index (χ3v) is 5.39. The first kappa shape index (κ1) is 25.3. The number of aliphatic carboxylic acids is 2. The van der Waals surface area contributed by atoms with Gasteiger partial charge in [-0.1, -0.05) is 29.8 Å². The number of hydrogen-bond donors (Lipinski definition) is 2. The smallest absolute Gasteiger partial charge is 0.414 e. The molecule has 9 heteroatoms. The Labute approximate surface area is 190 Å². The molecule has 2 aromatic carbocycles. The first-order chi connectivity index (χ1) is 15.3. The zero-order chi connectivity index (χ0) is 23.5. The molecule has 1 aliphatic heterocycles. The second-order valence-electron chi connectivity index (χ2n) is 7.35. The van der Waals surface area contributed by atoms with Crippen LogP contribution in [0.3, 0.4) is 0 Å². The summed E-state index contributed by atoms with van der Waals surface area (Å²) in [5, 5.41) is 24.1. The number of carboxylic acid groups (broad SMARTS) is 2. The lowest BCUT2D eigenvalue weighted by atomic mass is 9.97. The summed E-state index contributed by atoms with van der Waals surface area (Å²) in [5.74, 6) is -3.35. The van der Waals surface area contributed by atoms with Crippen LogP contribution in [0.15, 0.2) is 42.5 Å². The van der Waals surface area contributed by atoms with Gasteiger partial charge >= 0.3 is 11.9 Å². The van der Waals surface area contributed by atoms with Crippen molar-refractivity contribution in [3.63, 3.8) is 0 Å². The number of halogens is 2. The zero-order valence-corrected chi connectivity index (χ0v) is 18.1. The summed E-state index contributed by atoms with van der Waals surface area (Å²) < 4.78 is 19.8. The maximum atomic E-state index is 13.9. The molecule has 0 radical (unpaired) electrons. The molecule has 0 spiro atoms. The Morgan fingerprint density at radius 2 is 1.75 bits per heavy atom. The Kier molecular flexibility index (Phi) is 10.1. The molecular formula is C23H24ClFN2O5. The fourth-order valence-electron chi connectivity index (χ4n) is 3.24. The van der Waals surface area contributed by atoms with Crippen molar-refractivity contribution in [1.29, 1.82) is 5.26 Å². The number of ether oxygens (including phenoxy) is 1. The summed E-state index contributed by atoms with van der Waals surface area (Å²) in [6, 6.07) is 14.4. The molecule has 0 bridgehead atoms. The van der Waals surface area contributed by atoms with E-state index in [1.54, 1.807) is 12.1 Å². The van der Waals surface area contributed by atoms with Gasteiger partial charge in [-0.15, -0.1) is 0 Å². The number of nitrogens with zero attached hydrogens (tertiary/aromatic N) is 2. The van der Waals surface area contributed by atoms with Gasteiger partial charge < -0.3 is 14.9 Å². The molecule has 0 unspecified atom stereocenters. The molecule has 32 heavy (non-hydrogen) atoms. The second-order valence-corrected chi connectivity index (χ2v) is 7.76. The summed E-state index contributed by atoms with van der Waals surface area (Å²) >= 11 is 6.12. The van der Waals surface area contributed by atoms with Crippen LogP contribution in [0.2, 0.25) is 5.02 Å². The molecule has 0 aromatic heterocycles. The van der Waals surface area contributed by atoms with Crippen LogP contribution in [0.1, 0.15) is 29.5 Å². The van der Waals surface area contributed by atoms with Gasteiger partial charge in [0.15, 0.2) is 0 Å². The lowest BCUT2D eigenvalue weighted by Crippen LogP contribution is -2.35. The Balaban J connectivity index is 0.000000534. The predicted octanol–water partition coefficient (Wildman–Crippen LogP) is 3.94. The van der Waals surface area contributed by atoms with Crippen molar-refractivity contribution >= 4 is 23.5 Å². The van der Waals surface area contributed by atoms with Crippen molar-refractivity contribution in [2.24, 2.45) is 5.92 Å². The van der Waals surface area contributed by atoms with Crippen LogP contribution in [0.5, 0.6) is 0 Å². The molecule has 7 nitrogen and oxygen atoms in total. The molecule has 0 amide bonds. The molecular weight excluding hydrogens is 439 g/mol. The second kappa shape index (κ2) is 12.8. The Bertz CT molecular complexity index is 922. The lowest BCUT2D eigenvalue weighted by molar-refractivity contribution is -0.159. The first-order valence-corrected chi connectivity index (χ1v) is 10.4. The van der Waals surface area contributed by atoms with Crippen LogP contribution >= 0.6 is 11.6 Å². The summed E-state index contributed by atoms with van der Waals surface area (Å²) in [4.78, 5) is 20.5. The Morgan fingerprint density at radius 1 is 1.12 bits per heavy atom. The third kappa shape index (κ3) is 8.27. The molecule has 0 atom stereocenters. The average Bonchev–Trinajstić information content (AvgIpc) is 2.78. The van der Waals surface area contributed by atoms with E-state index >= 15 is 0 Å². The monoisotopic (exact) mass is 462 g/mol. The molecule has 1 saturated heterocycles. The average molecular weight is 463 g/mol. The highest BCUT2D eigenvalue weighted by Crippen LogP contribution is 2.24. The molecule has 1 aliphatic rings. The number of rotatable bonds is 6. The van der Waals surface area contributed by atoms with Crippen molar-refractivity contribution in [1.82, 2.24) is 4.90 Å². The number of carboxylic acids is 2. The van der Waals surface area contributed by atoms with Crippen molar-refractivity contribution in [3.8, 4) is 6.07 Å². The highest BCUT2D eigenvalue weighted by Gasteiger charge is 2.21. The van der Waals surface area contributed by atoms with Crippen molar-refractivity contribution in [2.75, 3.05) is 19.7 Å². The van der Waals surface area contributed by atoms with Crippen LogP contribution < -0.4 is 0 Å². The van der Waals surface area contributed by atoms with Crippen LogP contribution in [-0.2, 0) is 27.5 Å². The molecule has 170 valence electrons. The summed E-state index contributed by atoms with van der Waals surface area (Å²) in [5.41, 5.74) is 2.33. The van der Waals surface area contributed by atoms with E-state index in [-0.39, 0.29) is 5.82 Å². The van der Waals surface area contributed by atoms with Gasteiger partial charge in [0.2, 0.25) is 0 Å². The molecule has 1 fully saturated rings. The topological polar surface area (TPSA) is 111 Å². The summed E-state index contributed by atoms with van der Waals surface area (Å²) in [6.07, 6.45) is 2.08. The minimum absolute atomic E-state index is 0.231. The van der Waals surface area contributed by atoms with Crippen molar-refractivity contribution < 1.29 is 28.9 Å². The van der Waals surface area contributed by atoms with E-state index in [2.05, 4.69) is 11.0 Å². The van der Waals surface area contributed by atoms with Gasteiger partial charge in [-0.05, 0) is 61.7 Å². The fraction of sp³-hybridized carbons (Fsp3) is 0.348. The zero-order valence-electron chi connectivity index (χ0n) is 17.3. The van der Waals surface area contributed by atoms with Crippen LogP contribution in [0.25, 0.3) is 0 Å². The van der Waals surface area contributed by atoms with Gasteiger partial charge in [-0.3, -0.25) is 4.90 Å². The van der Waals surface area contributed by atoms with E-state index in [1.165, 1.54) is 6.07 Å². The van der Waals surface area contributed by atoms with Gasteiger partial charge in [0.25, 0.3) is 0 Å². The normalized spacial score (nSPS) is 14.2. The highest BCUT2D eigenvalue weighted by molar-refractivity contribution is 6.31. The minimum atomic E-state index is -1.82. The minimum Gasteiger partial charge on any atom is -0.473 e. The van der Waals surface area contributed by atoms with Crippen molar-refractivity contribution in [2.45, 2.75) is 26.0 Å². The SMILES string of the molecule is N#Cc1ccc(COCC2CCN(Cc3c(F)cccc3Cl)CC2)cc1.O=C(O)C(=O)O. The van der Waals surface area contributed by atoms with E-state index < -0.39 is 11.9 Å². The number of carbonyl (C=O) groups is 2. The molecule has 0 saturated carbocycles. The van der Waals surface area contributed by atoms with Gasteiger partial charge in [0, 0.05) is 23.7 Å². The van der Waals surface area contributed by atoms with Crippen LogP contribution in [0, 0.1) is 23.1 Å². The maximum Gasteiger partial charge on any atom is 0.414 e. The third-order valence-electron chi connectivity index (χ3n) is 5.04. The standard InChI is InChI=1S/C21H22ClFN2O.C2H2O4/c22-20-2-1-3-21(23)19(20)13-25-10-8-18(9-11-25)15-26-14-17-6-4-16(12-24)5-7-17;3-1(4)2(5)6/h1-7,18H,8-11,13-15H2;(H,3,4)(H,5,6). The van der Waals surface area contributed by atoms with Gasteiger partial charge in [0.05, 0.1) is 18.2 Å². The van der Waals surface area contributed by atoms with E-state index in [0.717, 1.165) is 38.1 Å². The number of likely N-dealkylation sites (tertiary alicyclic amines) is 1. The van der Waals surface area contributed by atoms with Crippen LogP contribution in [-0.4, -0.2) is 46.7 Å². The van der Waals surface area contributed by atoms with E-state index in [0.29, 0.717) is 35.2 Å². The van der Waals surface area contributed by atoms with E-state index in [1.807, 2.05) is 24.3 Å². The van der Waals surface area contributed by atoms with Gasteiger partial charge in [-0.25, -0.2) is 14.0 Å². The molecule has 2 N–H and O–H groups in total. The number of piperidine rings is 1. The lowest BCUT2D eigenvalue weighted by Gasteiger charge is -2.32. The summed E-state index contributed by atoms with van der Waals surface area (Å²) in [7, 11) is 0. The Hall–Kier alpha value is -2.99. The fourth-order valence-corrected chi connectivity index (χ4v) is 3.46. The molecule has 2 aromatic rings. The van der Waals surface area contributed by atoms with Crippen molar-refractivity contribution in [3.05, 3.63) is 70.0 Å². The quantitative estimate of drug-likeness (QED) is 0.625. The number of nitriles is 1. The molecule has 1 heterocycles. The maximum absolute atomic E-state index is 13.9. The summed E-state index contributed by atoms with van der Waals surface area (Å²) in [6.45, 7) is 3.71. The van der Waals surface area contributed by atoms with E-state index in [4.69, 9.17) is 41.4 Å². The first-order valence-electron chi connectivity index (χ1n) is 9.98. The molecule has 3 rings (SSSR count). The highest BCUT2D eigenvalue weighted by atomic mass is 35.5. The predicted molar refractivity (Wildman–Crippen MR) is 115 cm³/mol. The Morgan fingerprint density at radius 3 is 2.28 bits per heavy atom. The molecule has 0 aliphatic carbocycles. The largest absolute Gasteiger partial charge is 0.473 e. The number of hydrogen-bond acceptors (Lipinski definition) is 5. The van der Waals surface area contributed by atoms with Gasteiger partial charge in [-0.2, -0.15) is 5.26 Å². The number of benzene rings is 2. The van der Waals surface area contributed by atoms with Crippen LogP contribution in [0.4, 0.5) is 4.39 Å². The van der Waals surface area contributed by atoms with Gasteiger partial charge in [0.1, 0.15) is 5.82 Å².